The van der Waals surface area contributed by atoms with Crippen molar-refractivity contribution in [2.75, 3.05) is 6.54 Å². The number of nitrogens with zero attached hydrogens (tertiary/aromatic N) is 1. The van der Waals surface area contributed by atoms with Gasteiger partial charge in [-0.3, -0.25) is 4.90 Å². The van der Waals surface area contributed by atoms with Crippen molar-refractivity contribution < 1.29 is 5.11 Å². The molecular formula is C21H21NO. The fourth-order valence-electron chi connectivity index (χ4n) is 3.61. The zero-order valence-electron chi connectivity index (χ0n) is 13.2. The first kappa shape index (κ1) is 14.4. The predicted octanol–water partition coefficient (Wildman–Crippen LogP) is 4.42. The molecule has 116 valence electrons. The number of rotatable bonds is 3. The maximum atomic E-state index is 10.2. The van der Waals surface area contributed by atoms with Crippen LogP contribution in [0.1, 0.15) is 18.4 Å². The van der Waals surface area contributed by atoms with E-state index < -0.39 is 0 Å². The molecule has 3 aromatic carbocycles. The third-order valence-corrected chi connectivity index (χ3v) is 4.78. The molecule has 0 radical (unpaired) electrons. The summed E-state index contributed by atoms with van der Waals surface area (Å²) in [5.41, 5.74) is 3.83. The van der Waals surface area contributed by atoms with E-state index in [4.69, 9.17) is 0 Å². The van der Waals surface area contributed by atoms with Crippen molar-refractivity contribution in [3.63, 3.8) is 0 Å². The van der Waals surface area contributed by atoms with E-state index in [2.05, 4.69) is 71.6 Å². The van der Waals surface area contributed by atoms with Gasteiger partial charge in [-0.25, -0.2) is 0 Å². The SMILES string of the molecule is OC1CCCN1Cc1ccc2ccccc2c1-c1ccccc1. The van der Waals surface area contributed by atoms with E-state index in [0.717, 1.165) is 25.9 Å². The molecule has 1 unspecified atom stereocenters. The first-order valence-electron chi connectivity index (χ1n) is 8.31. The van der Waals surface area contributed by atoms with Crippen LogP contribution in [0.2, 0.25) is 0 Å². The number of aliphatic hydroxyl groups excluding tert-OH is 1. The molecule has 1 aliphatic heterocycles. The Morgan fingerprint density at radius 1 is 0.913 bits per heavy atom. The van der Waals surface area contributed by atoms with Crippen LogP contribution in [0, 0.1) is 0 Å². The maximum absolute atomic E-state index is 10.2. The molecule has 0 bridgehead atoms. The Kier molecular flexibility index (Phi) is 3.86. The molecule has 1 aliphatic rings. The molecule has 0 saturated carbocycles. The van der Waals surface area contributed by atoms with Crippen LogP contribution in [0.15, 0.2) is 66.7 Å². The zero-order valence-corrected chi connectivity index (χ0v) is 13.2. The Labute approximate surface area is 137 Å². The number of likely N-dealkylation sites (tertiary alicyclic amines) is 1. The lowest BCUT2D eigenvalue weighted by Gasteiger charge is -2.22. The van der Waals surface area contributed by atoms with Gasteiger partial charge in [0.1, 0.15) is 6.23 Å². The van der Waals surface area contributed by atoms with E-state index >= 15 is 0 Å². The Morgan fingerprint density at radius 3 is 2.48 bits per heavy atom. The fourth-order valence-corrected chi connectivity index (χ4v) is 3.61. The molecule has 1 heterocycles. The molecule has 1 fully saturated rings. The number of hydrogen-bond acceptors (Lipinski definition) is 2. The number of benzene rings is 3. The molecule has 3 aromatic rings. The molecule has 2 nitrogen and oxygen atoms in total. The molecule has 0 aromatic heterocycles. The normalized spacial score (nSPS) is 18.6. The molecule has 1 N–H and O–H groups in total. The van der Waals surface area contributed by atoms with Gasteiger partial charge in [-0.15, -0.1) is 0 Å². The van der Waals surface area contributed by atoms with E-state index in [0.29, 0.717) is 0 Å². The van der Waals surface area contributed by atoms with Crippen LogP contribution < -0.4 is 0 Å². The monoisotopic (exact) mass is 303 g/mol. The summed E-state index contributed by atoms with van der Waals surface area (Å²) in [5.74, 6) is 0. The van der Waals surface area contributed by atoms with Crippen molar-refractivity contribution in [3.8, 4) is 11.1 Å². The molecule has 0 amide bonds. The summed E-state index contributed by atoms with van der Waals surface area (Å²) in [7, 11) is 0. The Balaban J connectivity index is 1.86. The second kappa shape index (κ2) is 6.15. The summed E-state index contributed by atoms with van der Waals surface area (Å²) in [6.45, 7) is 1.78. The summed E-state index contributed by atoms with van der Waals surface area (Å²) in [4.78, 5) is 2.18. The lowest BCUT2D eigenvalue weighted by molar-refractivity contribution is 0.0329. The number of aliphatic hydroxyl groups is 1. The van der Waals surface area contributed by atoms with Crippen molar-refractivity contribution in [3.05, 3.63) is 72.3 Å². The molecular weight excluding hydrogens is 282 g/mol. The van der Waals surface area contributed by atoms with Crippen LogP contribution in [-0.2, 0) is 6.54 Å². The van der Waals surface area contributed by atoms with Crippen molar-refractivity contribution in [1.82, 2.24) is 4.90 Å². The van der Waals surface area contributed by atoms with Gasteiger partial charge in [0.2, 0.25) is 0 Å². The summed E-state index contributed by atoms with van der Waals surface area (Å²) >= 11 is 0. The smallest absolute Gasteiger partial charge is 0.107 e. The summed E-state index contributed by atoms with van der Waals surface area (Å²) in [5, 5.41) is 12.7. The van der Waals surface area contributed by atoms with Gasteiger partial charge in [0.15, 0.2) is 0 Å². The average Bonchev–Trinajstić information content (AvgIpc) is 3.00. The average molecular weight is 303 g/mol. The molecule has 2 heteroatoms. The van der Waals surface area contributed by atoms with Gasteiger partial charge in [0, 0.05) is 13.1 Å². The van der Waals surface area contributed by atoms with Gasteiger partial charge < -0.3 is 5.11 Å². The standard InChI is InChI=1S/C21H21NO/c23-20-11-6-14-22(20)15-18-13-12-16-7-4-5-10-19(16)21(18)17-8-2-1-3-9-17/h1-5,7-10,12-13,20,23H,6,11,14-15H2. The molecule has 1 atom stereocenters. The van der Waals surface area contributed by atoms with Gasteiger partial charge in [-0.1, -0.05) is 66.7 Å². The van der Waals surface area contributed by atoms with Crippen molar-refractivity contribution >= 4 is 10.8 Å². The molecule has 1 saturated heterocycles. The van der Waals surface area contributed by atoms with Gasteiger partial charge in [0.25, 0.3) is 0 Å². The van der Waals surface area contributed by atoms with Gasteiger partial charge in [-0.05, 0) is 40.3 Å². The van der Waals surface area contributed by atoms with Gasteiger partial charge in [0.05, 0.1) is 0 Å². The highest BCUT2D eigenvalue weighted by molar-refractivity contribution is 5.98. The van der Waals surface area contributed by atoms with Crippen LogP contribution in [0.3, 0.4) is 0 Å². The minimum atomic E-state index is -0.301. The predicted molar refractivity (Wildman–Crippen MR) is 95.0 cm³/mol. The number of fused-ring (bicyclic) bond motifs is 1. The quantitative estimate of drug-likeness (QED) is 0.774. The third kappa shape index (κ3) is 2.76. The molecule has 0 aliphatic carbocycles. The van der Waals surface area contributed by atoms with E-state index in [1.165, 1.54) is 27.5 Å². The lowest BCUT2D eigenvalue weighted by atomic mass is 9.93. The van der Waals surface area contributed by atoms with Crippen LogP contribution in [-0.4, -0.2) is 22.8 Å². The maximum Gasteiger partial charge on any atom is 0.107 e. The summed E-state index contributed by atoms with van der Waals surface area (Å²) in [6, 6.07) is 23.5. The lowest BCUT2D eigenvalue weighted by Crippen LogP contribution is -2.28. The minimum absolute atomic E-state index is 0.301. The Morgan fingerprint density at radius 2 is 1.70 bits per heavy atom. The second-order valence-electron chi connectivity index (χ2n) is 6.28. The molecule has 4 rings (SSSR count). The van der Waals surface area contributed by atoms with Crippen molar-refractivity contribution in [1.29, 1.82) is 0 Å². The van der Waals surface area contributed by atoms with Gasteiger partial charge >= 0.3 is 0 Å². The van der Waals surface area contributed by atoms with Crippen molar-refractivity contribution in [2.24, 2.45) is 0 Å². The molecule has 0 spiro atoms. The summed E-state index contributed by atoms with van der Waals surface area (Å²) in [6.07, 6.45) is 1.66. The van der Waals surface area contributed by atoms with Crippen LogP contribution in [0.25, 0.3) is 21.9 Å². The fraction of sp³-hybridized carbons (Fsp3) is 0.238. The van der Waals surface area contributed by atoms with Crippen LogP contribution in [0.4, 0.5) is 0 Å². The van der Waals surface area contributed by atoms with Gasteiger partial charge in [-0.2, -0.15) is 0 Å². The molecule has 23 heavy (non-hydrogen) atoms. The second-order valence-corrected chi connectivity index (χ2v) is 6.28. The Bertz CT molecular complexity index is 812. The first-order chi connectivity index (χ1) is 11.3. The van der Waals surface area contributed by atoms with E-state index in [1.54, 1.807) is 0 Å². The van der Waals surface area contributed by atoms with Crippen molar-refractivity contribution in [2.45, 2.75) is 25.6 Å². The highest BCUT2D eigenvalue weighted by Crippen LogP contribution is 2.33. The van der Waals surface area contributed by atoms with E-state index in [9.17, 15) is 5.11 Å². The number of hydrogen-bond donors (Lipinski definition) is 1. The zero-order chi connectivity index (χ0) is 15.6. The minimum Gasteiger partial charge on any atom is -0.378 e. The van der Waals surface area contributed by atoms with Crippen LogP contribution >= 0.6 is 0 Å². The largest absolute Gasteiger partial charge is 0.378 e. The highest BCUT2D eigenvalue weighted by atomic mass is 16.3. The first-order valence-corrected chi connectivity index (χ1v) is 8.31. The third-order valence-electron chi connectivity index (χ3n) is 4.78. The van der Waals surface area contributed by atoms with Crippen LogP contribution in [0.5, 0.6) is 0 Å². The van der Waals surface area contributed by atoms with E-state index in [-0.39, 0.29) is 6.23 Å². The topological polar surface area (TPSA) is 23.5 Å². The highest BCUT2D eigenvalue weighted by Gasteiger charge is 2.23. The summed E-state index contributed by atoms with van der Waals surface area (Å²) < 4.78 is 0. The van der Waals surface area contributed by atoms with E-state index in [1.807, 2.05) is 0 Å². The Hall–Kier alpha value is -2.16.